The van der Waals surface area contributed by atoms with Crippen LogP contribution in [0.3, 0.4) is 0 Å². The van der Waals surface area contributed by atoms with Gasteiger partial charge in [0.25, 0.3) is 0 Å². The van der Waals surface area contributed by atoms with Gasteiger partial charge >= 0.3 is 0 Å². The van der Waals surface area contributed by atoms with Gasteiger partial charge in [-0.25, -0.2) is 8.42 Å². The van der Waals surface area contributed by atoms with Crippen LogP contribution in [0.4, 0.5) is 0 Å². The number of aromatic nitrogens is 1. The number of aryl methyl sites for hydroxylation is 1. The maximum Gasteiger partial charge on any atom is 0.202 e. The normalized spacial score (nSPS) is 18.8. The van der Waals surface area contributed by atoms with Crippen LogP contribution >= 0.6 is 23.2 Å². The van der Waals surface area contributed by atoms with E-state index in [4.69, 9.17) is 27.9 Å². The van der Waals surface area contributed by atoms with Crippen molar-refractivity contribution in [3.05, 3.63) is 51.3 Å². The number of hydrogen-bond donors (Lipinski definition) is 0. The Bertz CT molecular complexity index is 946. The third-order valence-electron chi connectivity index (χ3n) is 4.56. The molecule has 1 aromatic carbocycles. The Balaban J connectivity index is 1.77. The minimum atomic E-state index is -3.00. The molecule has 26 heavy (non-hydrogen) atoms. The van der Waals surface area contributed by atoms with Crippen LogP contribution in [0.5, 0.6) is 5.75 Å². The number of hydrogen-bond acceptors (Lipinski definition) is 4. The number of nitrogens with zero attached hydrogens (tertiary/aromatic N) is 1. The van der Waals surface area contributed by atoms with Gasteiger partial charge in [0.2, 0.25) is 5.78 Å². The monoisotopic (exact) mass is 415 g/mol. The molecule has 2 heterocycles. The third kappa shape index (κ3) is 4.08. The SMILES string of the molecule is Cc1cc(C(=O)COc2cc(Cl)cc(Cl)c2)c(C)n1[C@H]1CCS(=O)(=O)C1. The van der Waals surface area contributed by atoms with E-state index in [9.17, 15) is 13.2 Å². The zero-order valence-electron chi connectivity index (χ0n) is 14.5. The van der Waals surface area contributed by atoms with Gasteiger partial charge in [-0.3, -0.25) is 4.79 Å². The Hall–Kier alpha value is -1.50. The Morgan fingerprint density at radius 1 is 1.19 bits per heavy atom. The quantitative estimate of drug-likeness (QED) is 0.691. The highest BCUT2D eigenvalue weighted by atomic mass is 35.5. The van der Waals surface area contributed by atoms with Crippen LogP contribution in [0.1, 0.15) is 34.2 Å². The summed E-state index contributed by atoms with van der Waals surface area (Å²) >= 11 is 11.9. The number of ketones is 1. The molecule has 1 fully saturated rings. The highest BCUT2D eigenvalue weighted by Gasteiger charge is 2.31. The second-order valence-electron chi connectivity index (χ2n) is 6.53. The molecule has 5 nitrogen and oxygen atoms in total. The fourth-order valence-electron chi connectivity index (χ4n) is 3.44. The number of carbonyl (C=O) groups excluding carboxylic acids is 1. The first-order chi connectivity index (χ1) is 12.2. The summed E-state index contributed by atoms with van der Waals surface area (Å²) < 4.78 is 31.0. The summed E-state index contributed by atoms with van der Waals surface area (Å²) in [5.41, 5.74) is 2.18. The molecule has 0 amide bonds. The summed E-state index contributed by atoms with van der Waals surface area (Å²) in [5, 5.41) is 0.862. The van der Waals surface area contributed by atoms with E-state index < -0.39 is 9.84 Å². The molecule has 1 aliphatic rings. The maximum absolute atomic E-state index is 12.6. The van der Waals surface area contributed by atoms with Crippen molar-refractivity contribution in [1.82, 2.24) is 4.57 Å². The molecule has 3 rings (SSSR count). The number of sulfone groups is 1. The van der Waals surface area contributed by atoms with E-state index in [1.54, 1.807) is 24.3 Å². The van der Waals surface area contributed by atoms with Crippen LogP contribution in [0.25, 0.3) is 0 Å². The fourth-order valence-corrected chi connectivity index (χ4v) is 5.64. The lowest BCUT2D eigenvalue weighted by Crippen LogP contribution is -2.16. The van der Waals surface area contributed by atoms with Gasteiger partial charge in [0, 0.05) is 33.0 Å². The largest absolute Gasteiger partial charge is 0.485 e. The molecule has 0 saturated carbocycles. The molecule has 140 valence electrons. The summed E-state index contributed by atoms with van der Waals surface area (Å²) in [6, 6.07) is 6.44. The minimum absolute atomic E-state index is 0.116. The summed E-state index contributed by atoms with van der Waals surface area (Å²) in [4.78, 5) is 12.6. The van der Waals surface area contributed by atoms with Crippen LogP contribution in [-0.4, -0.2) is 36.9 Å². The average molecular weight is 416 g/mol. The van der Waals surface area contributed by atoms with Crippen LogP contribution in [-0.2, 0) is 9.84 Å². The second kappa shape index (κ2) is 7.25. The third-order valence-corrected chi connectivity index (χ3v) is 6.75. The first kappa shape index (κ1) is 19.3. The predicted octanol–water partition coefficient (Wildman–Crippen LogP) is 4.03. The lowest BCUT2D eigenvalue weighted by atomic mass is 10.1. The van der Waals surface area contributed by atoms with Gasteiger partial charge in [0.05, 0.1) is 11.5 Å². The van der Waals surface area contributed by atoms with Gasteiger partial charge in [-0.05, 0) is 44.5 Å². The number of rotatable bonds is 5. The van der Waals surface area contributed by atoms with Crippen molar-refractivity contribution in [2.75, 3.05) is 18.1 Å². The summed E-state index contributed by atoms with van der Waals surface area (Å²) in [6.45, 7) is 3.57. The number of benzene rings is 1. The first-order valence-corrected chi connectivity index (χ1v) is 10.7. The fraction of sp³-hybridized carbons (Fsp3) is 0.389. The molecule has 0 aliphatic carbocycles. The van der Waals surface area contributed by atoms with E-state index in [1.807, 2.05) is 18.4 Å². The van der Waals surface area contributed by atoms with Crippen LogP contribution < -0.4 is 4.74 Å². The topological polar surface area (TPSA) is 65.4 Å². The Morgan fingerprint density at radius 2 is 1.85 bits per heavy atom. The molecule has 1 aromatic heterocycles. The molecule has 0 spiro atoms. The van der Waals surface area contributed by atoms with Crippen molar-refractivity contribution >= 4 is 38.8 Å². The highest BCUT2D eigenvalue weighted by Crippen LogP contribution is 2.29. The van der Waals surface area contributed by atoms with E-state index in [1.165, 1.54) is 0 Å². The first-order valence-electron chi connectivity index (χ1n) is 8.17. The summed E-state index contributed by atoms with van der Waals surface area (Å²) in [6.07, 6.45) is 0.573. The predicted molar refractivity (Wildman–Crippen MR) is 103 cm³/mol. The van der Waals surface area contributed by atoms with Crippen LogP contribution in [0, 0.1) is 13.8 Å². The van der Waals surface area contributed by atoms with E-state index in [0.717, 1.165) is 11.4 Å². The van der Waals surface area contributed by atoms with Crippen molar-refractivity contribution in [2.24, 2.45) is 0 Å². The van der Waals surface area contributed by atoms with Crippen LogP contribution in [0.2, 0.25) is 10.0 Å². The molecule has 1 saturated heterocycles. The van der Waals surface area contributed by atoms with Gasteiger partial charge in [-0.2, -0.15) is 0 Å². The molecule has 2 aromatic rings. The Kier molecular flexibility index (Phi) is 5.37. The molecule has 0 radical (unpaired) electrons. The van der Waals surface area contributed by atoms with E-state index >= 15 is 0 Å². The molecule has 0 unspecified atom stereocenters. The van der Waals surface area contributed by atoms with Crippen molar-refractivity contribution in [1.29, 1.82) is 0 Å². The van der Waals surface area contributed by atoms with Gasteiger partial charge in [-0.15, -0.1) is 0 Å². The van der Waals surface area contributed by atoms with Gasteiger partial charge in [-0.1, -0.05) is 23.2 Å². The summed E-state index contributed by atoms with van der Waals surface area (Å²) in [5.74, 6) is 0.554. The lowest BCUT2D eigenvalue weighted by Gasteiger charge is -2.16. The summed E-state index contributed by atoms with van der Waals surface area (Å²) in [7, 11) is -3.00. The smallest absolute Gasteiger partial charge is 0.202 e. The number of carbonyl (C=O) groups is 1. The minimum Gasteiger partial charge on any atom is -0.485 e. The Morgan fingerprint density at radius 3 is 2.42 bits per heavy atom. The van der Waals surface area contributed by atoms with Crippen molar-refractivity contribution < 1.29 is 17.9 Å². The number of ether oxygens (including phenoxy) is 1. The van der Waals surface area contributed by atoms with Crippen molar-refractivity contribution in [3.8, 4) is 5.75 Å². The molecular formula is C18H19Cl2NO4S. The highest BCUT2D eigenvalue weighted by molar-refractivity contribution is 7.91. The lowest BCUT2D eigenvalue weighted by molar-refractivity contribution is 0.0920. The molecule has 8 heteroatoms. The van der Waals surface area contributed by atoms with Crippen molar-refractivity contribution in [2.45, 2.75) is 26.3 Å². The molecule has 1 aliphatic heterocycles. The number of halogens is 2. The maximum atomic E-state index is 12.6. The Labute approximate surface area is 162 Å². The zero-order valence-corrected chi connectivity index (χ0v) is 16.8. The number of Topliss-reactive ketones (excluding diaryl/α,β-unsaturated/α-hetero) is 1. The standard InChI is InChI=1S/C18H19Cl2NO4S/c1-11-5-17(12(2)21(11)15-3-4-26(23,24)10-15)18(22)9-25-16-7-13(19)6-14(20)8-16/h5-8,15H,3-4,9-10H2,1-2H3/t15-/m0/s1. The molecular weight excluding hydrogens is 397 g/mol. The van der Waals surface area contributed by atoms with Crippen molar-refractivity contribution in [3.63, 3.8) is 0 Å². The molecule has 0 N–H and O–H groups in total. The van der Waals surface area contributed by atoms with Gasteiger partial charge in [0.1, 0.15) is 5.75 Å². The van der Waals surface area contributed by atoms with Gasteiger partial charge < -0.3 is 9.30 Å². The van der Waals surface area contributed by atoms with E-state index in [-0.39, 0.29) is 29.9 Å². The van der Waals surface area contributed by atoms with E-state index in [0.29, 0.717) is 27.8 Å². The molecule has 0 bridgehead atoms. The van der Waals surface area contributed by atoms with E-state index in [2.05, 4.69) is 0 Å². The van der Waals surface area contributed by atoms with Gasteiger partial charge in [0.15, 0.2) is 16.4 Å². The molecule has 1 atom stereocenters. The average Bonchev–Trinajstić information content (AvgIpc) is 3.03. The zero-order chi connectivity index (χ0) is 19.1. The second-order valence-corrected chi connectivity index (χ2v) is 9.63. The van der Waals surface area contributed by atoms with Crippen LogP contribution in [0.15, 0.2) is 24.3 Å².